The Balaban J connectivity index is 1.32. The second-order valence-corrected chi connectivity index (χ2v) is 10.2. The average molecular weight is 520 g/mol. The number of ether oxygens (including phenoxy) is 1. The fourth-order valence-electron chi connectivity index (χ4n) is 3.58. The molecule has 0 radical (unpaired) electrons. The Bertz CT molecular complexity index is 1250. The smallest absolute Gasteiger partial charge is 0.261 e. The second-order valence-electron chi connectivity index (χ2n) is 7.70. The molecule has 34 heavy (non-hydrogen) atoms. The van der Waals surface area contributed by atoms with E-state index < -0.39 is 10.0 Å². The summed E-state index contributed by atoms with van der Waals surface area (Å²) in [6, 6.07) is 20.5. The van der Waals surface area contributed by atoms with Crippen LogP contribution in [0.5, 0.6) is 5.75 Å². The van der Waals surface area contributed by atoms with Gasteiger partial charge in [0.05, 0.1) is 9.92 Å². The summed E-state index contributed by atoms with van der Waals surface area (Å²) < 4.78 is 33.3. The van der Waals surface area contributed by atoms with Gasteiger partial charge in [-0.05, 0) is 54.6 Å². The van der Waals surface area contributed by atoms with Crippen LogP contribution in [-0.4, -0.2) is 52.0 Å². The number of rotatable bonds is 7. The topological polar surface area (TPSA) is 78.9 Å². The first-order valence-corrected chi connectivity index (χ1v) is 12.8. The van der Waals surface area contributed by atoms with Gasteiger partial charge in [0.15, 0.2) is 6.61 Å². The summed E-state index contributed by atoms with van der Waals surface area (Å²) in [7, 11) is -3.85. The standard InChI is InChI=1S/C24H23Cl2N3O4S/c25-18-6-8-19(9-7-18)27-34(31,32)21-10-11-23(22(26)16-21)33-17-24(30)29-14-12-28(13-15-29)20-4-2-1-3-5-20/h1-11,16,27H,12-15,17H2. The molecule has 0 spiro atoms. The Morgan fingerprint density at radius 1 is 0.912 bits per heavy atom. The van der Waals surface area contributed by atoms with Crippen LogP contribution in [0.25, 0.3) is 0 Å². The summed E-state index contributed by atoms with van der Waals surface area (Å²) in [5, 5.41) is 0.598. The van der Waals surface area contributed by atoms with Crippen molar-refractivity contribution in [3.63, 3.8) is 0 Å². The first-order valence-electron chi connectivity index (χ1n) is 10.6. The highest BCUT2D eigenvalue weighted by Crippen LogP contribution is 2.28. The molecular formula is C24H23Cl2N3O4S. The number of para-hydroxylation sites is 1. The zero-order chi connectivity index (χ0) is 24.1. The van der Waals surface area contributed by atoms with Crippen molar-refractivity contribution >= 4 is 50.5 Å². The van der Waals surface area contributed by atoms with Crippen molar-refractivity contribution in [2.45, 2.75) is 4.90 Å². The van der Waals surface area contributed by atoms with Crippen LogP contribution in [0.1, 0.15) is 0 Å². The number of carbonyl (C=O) groups is 1. The van der Waals surface area contributed by atoms with Gasteiger partial charge in [-0.3, -0.25) is 9.52 Å². The summed E-state index contributed by atoms with van der Waals surface area (Å²) >= 11 is 12.1. The Labute approximate surface area is 208 Å². The van der Waals surface area contributed by atoms with Crippen LogP contribution in [-0.2, 0) is 14.8 Å². The monoisotopic (exact) mass is 519 g/mol. The van der Waals surface area contributed by atoms with Crippen LogP contribution in [0.15, 0.2) is 77.7 Å². The van der Waals surface area contributed by atoms with Crippen LogP contribution in [0.3, 0.4) is 0 Å². The van der Waals surface area contributed by atoms with E-state index in [1.54, 1.807) is 29.2 Å². The molecule has 1 heterocycles. The second kappa shape index (κ2) is 10.5. The van der Waals surface area contributed by atoms with Crippen molar-refractivity contribution in [2.24, 2.45) is 0 Å². The Morgan fingerprint density at radius 2 is 1.59 bits per heavy atom. The number of sulfonamides is 1. The molecule has 10 heteroatoms. The number of benzene rings is 3. The number of piperazine rings is 1. The number of nitrogens with one attached hydrogen (secondary N) is 1. The molecule has 1 aliphatic rings. The molecule has 0 aromatic heterocycles. The molecule has 1 saturated heterocycles. The van der Waals surface area contributed by atoms with Crippen LogP contribution in [0.4, 0.5) is 11.4 Å². The van der Waals surface area contributed by atoms with Gasteiger partial charge in [-0.2, -0.15) is 0 Å². The van der Waals surface area contributed by atoms with E-state index in [4.69, 9.17) is 27.9 Å². The fraction of sp³-hybridized carbons (Fsp3) is 0.208. The third-order valence-corrected chi connectivity index (χ3v) is 7.34. The predicted molar refractivity (Wildman–Crippen MR) is 134 cm³/mol. The first-order chi connectivity index (χ1) is 16.3. The Morgan fingerprint density at radius 3 is 2.24 bits per heavy atom. The Kier molecular flexibility index (Phi) is 7.50. The van der Waals surface area contributed by atoms with Gasteiger partial charge in [0.2, 0.25) is 0 Å². The minimum atomic E-state index is -3.85. The van der Waals surface area contributed by atoms with E-state index in [1.165, 1.54) is 18.2 Å². The normalized spacial score (nSPS) is 14.1. The van der Waals surface area contributed by atoms with E-state index in [1.807, 2.05) is 18.2 Å². The maximum atomic E-state index is 12.6. The third kappa shape index (κ3) is 5.94. The third-order valence-electron chi connectivity index (χ3n) is 5.41. The molecule has 4 rings (SSSR count). The molecule has 0 atom stereocenters. The van der Waals surface area contributed by atoms with E-state index in [0.29, 0.717) is 23.8 Å². The highest BCUT2D eigenvalue weighted by molar-refractivity contribution is 7.92. The molecule has 0 unspecified atom stereocenters. The van der Waals surface area contributed by atoms with Gasteiger partial charge in [-0.15, -0.1) is 0 Å². The van der Waals surface area contributed by atoms with Crippen molar-refractivity contribution in [2.75, 3.05) is 42.4 Å². The summed E-state index contributed by atoms with van der Waals surface area (Å²) in [5.74, 6) is 0.0910. The quantitative estimate of drug-likeness (QED) is 0.496. The molecule has 0 saturated carbocycles. The fourth-order valence-corrected chi connectivity index (χ4v) is 5.09. The zero-order valence-corrected chi connectivity index (χ0v) is 20.5. The lowest BCUT2D eigenvalue weighted by atomic mass is 10.2. The van der Waals surface area contributed by atoms with E-state index >= 15 is 0 Å². The lowest BCUT2D eigenvalue weighted by Crippen LogP contribution is -2.50. The molecule has 7 nitrogen and oxygen atoms in total. The lowest BCUT2D eigenvalue weighted by molar-refractivity contribution is -0.133. The number of hydrogen-bond donors (Lipinski definition) is 1. The number of hydrogen-bond acceptors (Lipinski definition) is 5. The summed E-state index contributed by atoms with van der Waals surface area (Å²) in [6.45, 7) is 2.49. The van der Waals surface area contributed by atoms with E-state index in [-0.39, 0.29) is 28.2 Å². The lowest BCUT2D eigenvalue weighted by Gasteiger charge is -2.36. The molecule has 1 fully saturated rings. The van der Waals surface area contributed by atoms with Gasteiger partial charge in [-0.25, -0.2) is 8.42 Å². The summed E-state index contributed by atoms with van der Waals surface area (Å²) in [6.07, 6.45) is 0. The number of anilines is 2. The molecule has 3 aromatic rings. The Hall–Kier alpha value is -2.94. The maximum Gasteiger partial charge on any atom is 0.261 e. The largest absolute Gasteiger partial charge is 0.482 e. The minimum absolute atomic E-state index is 0.0249. The summed E-state index contributed by atoms with van der Waals surface area (Å²) in [4.78, 5) is 16.6. The van der Waals surface area contributed by atoms with Gasteiger partial charge < -0.3 is 14.5 Å². The molecule has 178 valence electrons. The highest BCUT2D eigenvalue weighted by Gasteiger charge is 2.22. The van der Waals surface area contributed by atoms with Gasteiger partial charge in [-0.1, -0.05) is 41.4 Å². The number of halogens is 2. The first kappa shape index (κ1) is 24.2. The maximum absolute atomic E-state index is 12.6. The number of carbonyl (C=O) groups excluding carboxylic acids is 1. The van der Waals surface area contributed by atoms with Crippen molar-refractivity contribution in [1.29, 1.82) is 0 Å². The van der Waals surface area contributed by atoms with Crippen LogP contribution < -0.4 is 14.4 Å². The SMILES string of the molecule is O=C(COc1ccc(S(=O)(=O)Nc2ccc(Cl)cc2)cc1Cl)N1CCN(c2ccccc2)CC1. The van der Waals surface area contributed by atoms with Crippen molar-refractivity contribution in [3.05, 3.63) is 82.8 Å². The average Bonchev–Trinajstić information content (AvgIpc) is 2.85. The number of nitrogens with zero attached hydrogens (tertiary/aromatic N) is 2. The van der Waals surface area contributed by atoms with Gasteiger partial charge in [0, 0.05) is 42.6 Å². The molecule has 1 aliphatic heterocycles. The van der Waals surface area contributed by atoms with Crippen molar-refractivity contribution in [3.8, 4) is 5.75 Å². The van der Waals surface area contributed by atoms with Crippen LogP contribution in [0, 0.1) is 0 Å². The minimum Gasteiger partial charge on any atom is -0.482 e. The van der Waals surface area contributed by atoms with Crippen LogP contribution >= 0.6 is 23.2 Å². The molecule has 1 N–H and O–H groups in total. The van der Waals surface area contributed by atoms with E-state index in [9.17, 15) is 13.2 Å². The number of amides is 1. The van der Waals surface area contributed by atoms with Gasteiger partial charge in [0.25, 0.3) is 15.9 Å². The van der Waals surface area contributed by atoms with E-state index in [0.717, 1.165) is 18.8 Å². The molecule has 0 aliphatic carbocycles. The van der Waals surface area contributed by atoms with Crippen molar-refractivity contribution in [1.82, 2.24) is 4.90 Å². The van der Waals surface area contributed by atoms with E-state index in [2.05, 4.69) is 21.8 Å². The molecular weight excluding hydrogens is 497 g/mol. The summed E-state index contributed by atoms with van der Waals surface area (Å²) in [5.41, 5.74) is 1.51. The predicted octanol–water partition coefficient (Wildman–Crippen LogP) is 4.52. The van der Waals surface area contributed by atoms with Gasteiger partial charge >= 0.3 is 0 Å². The highest BCUT2D eigenvalue weighted by atomic mass is 35.5. The van der Waals surface area contributed by atoms with Gasteiger partial charge in [0.1, 0.15) is 5.75 Å². The molecule has 1 amide bonds. The van der Waals surface area contributed by atoms with Crippen LogP contribution in [0.2, 0.25) is 10.0 Å². The zero-order valence-electron chi connectivity index (χ0n) is 18.2. The molecule has 0 bridgehead atoms. The molecule has 3 aromatic carbocycles. The van der Waals surface area contributed by atoms with Crippen molar-refractivity contribution < 1.29 is 17.9 Å².